The molecule has 0 radical (unpaired) electrons. The van der Waals surface area contributed by atoms with E-state index in [1.54, 1.807) is 0 Å². The SMILES string of the molecule is Cc1cccc(N2CCN(CCCNC(=O)C3CCNC3)CC2)c1.Cl.Cl.Cl. The van der Waals surface area contributed by atoms with E-state index in [4.69, 9.17) is 0 Å². The smallest absolute Gasteiger partial charge is 0.224 e. The molecular weight excluding hydrogens is 407 g/mol. The van der Waals surface area contributed by atoms with Gasteiger partial charge in [0.2, 0.25) is 5.91 Å². The number of nitrogens with one attached hydrogen (secondary N) is 2. The summed E-state index contributed by atoms with van der Waals surface area (Å²) < 4.78 is 0. The highest BCUT2D eigenvalue weighted by molar-refractivity contribution is 5.86. The minimum atomic E-state index is 0. The summed E-state index contributed by atoms with van der Waals surface area (Å²) in [6, 6.07) is 8.76. The lowest BCUT2D eigenvalue weighted by Gasteiger charge is -2.36. The van der Waals surface area contributed by atoms with Crippen LogP contribution < -0.4 is 15.5 Å². The summed E-state index contributed by atoms with van der Waals surface area (Å²) in [5.74, 6) is 0.409. The number of carbonyl (C=O) groups excluding carboxylic acids is 1. The topological polar surface area (TPSA) is 47.6 Å². The summed E-state index contributed by atoms with van der Waals surface area (Å²) in [7, 11) is 0. The van der Waals surface area contributed by atoms with E-state index in [-0.39, 0.29) is 49.0 Å². The zero-order chi connectivity index (χ0) is 16.8. The van der Waals surface area contributed by atoms with Gasteiger partial charge in [-0.05, 0) is 50.6 Å². The van der Waals surface area contributed by atoms with Gasteiger partial charge in [-0.3, -0.25) is 9.69 Å². The Labute approximate surface area is 181 Å². The third-order valence-electron chi connectivity index (χ3n) is 5.12. The Bertz CT molecular complexity index is 548. The molecule has 0 aromatic heterocycles. The molecule has 0 saturated carbocycles. The van der Waals surface area contributed by atoms with Gasteiger partial charge < -0.3 is 15.5 Å². The van der Waals surface area contributed by atoms with Crippen LogP contribution in [-0.4, -0.2) is 63.2 Å². The van der Waals surface area contributed by atoms with Crippen molar-refractivity contribution in [2.24, 2.45) is 5.92 Å². The molecule has 2 heterocycles. The molecule has 2 saturated heterocycles. The van der Waals surface area contributed by atoms with E-state index in [1.165, 1.54) is 11.3 Å². The fraction of sp³-hybridized carbons (Fsp3) is 0.632. The summed E-state index contributed by atoms with van der Waals surface area (Å²) in [6.07, 6.45) is 2.02. The van der Waals surface area contributed by atoms with Crippen LogP contribution >= 0.6 is 37.2 Å². The van der Waals surface area contributed by atoms with E-state index in [0.717, 1.165) is 65.2 Å². The molecule has 2 aliphatic rings. The Morgan fingerprint density at radius 1 is 1.19 bits per heavy atom. The van der Waals surface area contributed by atoms with E-state index in [0.29, 0.717) is 0 Å². The van der Waals surface area contributed by atoms with Gasteiger partial charge in [-0.2, -0.15) is 0 Å². The lowest BCUT2D eigenvalue weighted by atomic mass is 10.1. The van der Waals surface area contributed by atoms with Crippen molar-refractivity contribution in [1.29, 1.82) is 0 Å². The normalized spacial score (nSPS) is 19.4. The number of piperazine rings is 1. The molecule has 0 bridgehead atoms. The third-order valence-corrected chi connectivity index (χ3v) is 5.12. The molecule has 0 aliphatic carbocycles. The first-order valence-electron chi connectivity index (χ1n) is 9.25. The first-order chi connectivity index (χ1) is 11.7. The second kappa shape index (κ2) is 13.5. The number of aryl methyl sites for hydroxylation is 1. The van der Waals surface area contributed by atoms with Crippen LogP contribution in [0.4, 0.5) is 5.69 Å². The Morgan fingerprint density at radius 3 is 2.56 bits per heavy atom. The zero-order valence-corrected chi connectivity index (χ0v) is 18.4. The van der Waals surface area contributed by atoms with Crippen molar-refractivity contribution < 1.29 is 4.79 Å². The van der Waals surface area contributed by atoms with E-state index in [2.05, 4.69) is 51.6 Å². The maximum absolute atomic E-state index is 12.0. The minimum absolute atomic E-state index is 0. The van der Waals surface area contributed by atoms with Crippen LogP contribution in [0.2, 0.25) is 0 Å². The lowest BCUT2D eigenvalue weighted by Crippen LogP contribution is -2.47. The molecule has 8 heteroatoms. The van der Waals surface area contributed by atoms with Gasteiger partial charge in [0.1, 0.15) is 0 Å². The molecule has 1 aromatic carbocycles. The Kier molecular flexibility index (Phi) is 13.1. The van der Waals surface area contributed by atoms with Crippen LogP contribution in [0.3, 0.4) is 0 Å². The number of hydrogen-bond donors (Lipinski definition) is 2. The largest absolute Gasteiger partial charge is 0.369 e. The van der Waals surface area contributed by atoms with Crippen LogP contribution in [0.15, 0.2) is 24.3 Å². The van der Waals surface area contributed by atoms with Crippen LogP contribution in [0.5, 0.6) is 0 Å². The number of amides is 1. The van der Waals surface area contributed by atoms with Crippen molar-refractivity contribution in [3.05, 3.63) is 29.8 Å². The summed E-state index contributed by atoms with van der Waals surface area (Å²) in [5.41, 5.74) is 2.66. The van der Waals surface area contributed by atoms with Crippen molar-refractivity contribution in [3.63, 3.8) is 0 Å². The second-order valence-electron chi connectivity index (χ2n) is 7.00. The molecule has 156 valence electrons. The van der Waals surface area contributed by atoms with Crippen molar-refractivity contribution in [3.8, 4) is 0 Å². The summed E-state index contributed by atoms with van der Waals surface area (Å²) in [5, 5.41) is 6.33. The Balaban J connectivity index is 0.00000225. The zero-order valence-electron chi connectivity index (χ0n) is 16.0. The average Bonchev–Trinajstić information content (AvgIpc) is 3.14. The molecule has 3 rings (SSSR count). The number of halogens is 3. The minimum Gasteiger partial charge on any atom is -0.369 e. The van der Waals surface area contributed by atoms with E-state index >= 15 is 0 Å². The molecule has 0 spiro atoms. The number of anilines is 1. The first-order valence-corrected chi connectivity index (χ1v) is 9.25. The molecule has 2 fully saturated rings. The maximum atomic E-state index is 12.0. The molecular formula is C19H33Cl3N4O. The van der Waals surface area contributed by atoms with Gasteiger partial charge in [-0.15, -0.1) is 37.2 Å². The molecule has 1 atom stereocenters. The van der Waals surface area contributed by atoms with Crippen LogP contribution in [0.25, 0.3) is 0 Å². The highest BCUT2D eigenvalue weighted by Crippen LogP contribution is 2.17. The van der Waals surface area contributed by atoms with Gasteiger partial charge in [-0.25, -0.2) is 0 Å². The summed E-state index contributed by atoms with van der Waals surface area (Å²) >= 11 is 0. The number of hydrogen-bond acceptors (Lipinski definition) is 4. The molecule has 2 aliphatic heterocycles. The summed E-state index contributed by atoms with van der Waals surface area (Å²) in [4.78, 5) is 16.9. The van der Waals surface area contributed by atoms with Crippen molar-refractivity contribution in [2.75, 3.05) is 57.3 Å². The molecule has 1 aromatic rings. The predicted octanol–water partition coefficient (Wildman–Crippen LogP) is 2.50. The Hall–Kier alpha value is -0.720. The van der Waals surface area contributed by atoms with E-state index < -0.39 is 0 Å². The number of carbonyl (C=O) groups is 1. The van der Waals surface area contributed by atoms with E-state index in [1.807, 2.05) is 0 Å². The van der Waals surface area contributed by atoms with E-state index in [9.17, 15) is 4.79 Å². The highest BCUT2D eigenvalue weighted by atomic mass is 35.5. The molecule has 2 N–H and O–H groups in total. The van der Waals surface area contributed by atoms with Crippen molar-refractivity contribution in [1.82, 2.24) is 15.5 Å². The van der Waals surface area contributed by atoms with Gasteiger partial charge in [-0.1, -0.05) is 12.1 Å². The molecule has 1 unspecified atom stereocenters. The quantitative estimate of drug-likeness (QED) is 0.669. The van der Waals surface area contributed by atoms with Crippen molar-refractivity contribution >= 4 is 48.8 Å². The molecule has 5 nitrogen and oxygen atoms in total. The van der Waals surface area contributed by atoms with Gasteiger partial charge in [0.15, 0.2) is 0 Å². The monoisotopic (exact) mass is 438 g/mol. The lowest BCUT2D eigenvalue weighted by molar-refractivity contribution is -0.124. The van der Waals surface area contributed by atoms with Crippen molar-refractivity contribution in [2.45, 2.75) is 19.8 Å². The second-order valence-corrected chi connectivity index (χ2v) is 7.00. The van der Waals surface area contributed by atoms with Gasteiger partial charge in [0.25, 0.3) is 0 Å². The predicted molar refractivity (Wildman–Crippen MR) is 120 cm³/mol. The van der Waals surface area contributed by atoms with Crippen LogP contribution in [0.1, 0.15) is 18.4 Å². The highest BCUT2D eigenvalue weighted by Gasteiger charge is 2.22. The summed E-state index contributed by atoms with van der Waals surface area (Å²) in [6.45, 7) is 10.2. The average molecular weight is 440 g/mol. The van der Waals surface area contributed by atoms with Gasteiger partial charge in [0.05, 0.1) is 5.92 Å². The number of nitrogens with zero attached hydrogens (tertiary/aromatic N) is 2. The standard InChI is InChI=1S/C19H30N4O.3ClH/c1-16-4-2-5-18(14-16)23-12-10-22(11-13-23)9-3-7-21-19(24)17-6-8-20-15-17;;;/h2,4-5,14,17,20H,3,6-13,15H2,1H3,(H,21,24);3*1H. The number of benzene rings is 1. The molecule has 1 amide bonds. The fourth-order valence-corrected chi connectivity index (χ4v) is 3.59. The Morgan fingerprint density at radius 2 is 1.93 bits per heavy atom. The van der Waals surface area contributed by atoms with Crippen LogP contribution in [-0.2, 0) is 4.79 Å². The third kappa shape index (κ3) is 8.04. The maximum Gasteiger partial charge on any atom is 0.224 e. The first kappa shape index (κ1) is 26.3. The van der Waals surface area contributed by atoms with Gasteiger partial charge in [0, 0.05) is 45.0 Å². The van der Waals surface area contributed by atoms with Gasteiger partial charge >= 0.3 is 0 Å². The molecule has 27 heavy (non-hydrogen) atoms. The fourth-order valence-electron chi connectivity index (χ4n) is 3.59. The van der Waals surface area contributed by atoms with Crippen LogP contribution in [0, 0.1) is 12.8 Å². The number of rotatable bonds is 6.